The number of carbonyl (C=O) groups excluding carboxylic acids is 3. The highest BCUT2D eigenvalue weighted by Crippen LogP contribution is 2.13. The molecule has 10 heteroatoms. The summed E-state index contributed by atoms with van der Waals surface area (Å²) in [7, 11) is 0. The monoisotopic (exact) mass is 540 g/mol. The number of rotatable bonds is 14. The fourth-order valence-corrected chi connectivity index (χ4v) is 4.06. The van der Waals surface area contributed by atoms with Gasteiger partial charge in [-0.2, -0.15) is 0 Å². The molecule has 4 unspecified atom stereocenters. The van der Waals surface area contributed by atoms with E-state index in [0.717, 1.165) is 5.56 Å². The molecule has 0 aliphatic rings. The van der Waals surface area contributed by atoms with Gasteiger partial charge < -0.3 is 31.9 Å². The van der Waals surface area contributed by atoms with Gasteiger partial charge in [0.05, 0.1) is 6.04 Å². The Morgan fingerprint density at radius 2 is 1.28 bits per heavy atom. The third-order valence-corrected chi connectivity index (χ3v) is 6.21. The number of carboxylic acid groups (broad SMARTS) is 1. The van der Waals surface area contributed by atoms with E-state index < -0.39 is 53.8 Å². The highest BCUT2D eigenvalue weighted by Gasteiger charge is 2.31. The summed E-state index contributed by atoms with van der Waals surface area (Å²) in [4.78, 5) is 51.2. The molecule has 0 aliphatic heterocycles. The minimum Gasteiger partial charge on any atom is -0.508 e. The van der Waals surface area contributed by atoms with Gasteiger partial charge in [0.1, 0.15) is 23.9 Å². The number of phenols is 1. The first kappa shape index (κ1) is 31.3. The van der Waals surface area contributed by atoms with E-state index in [0.29, 0.717) is 18.4 Å². The number of benzene rings is 2. The number of nitrogens with one attached hydrogen (secondary N) is 3. The number of carboxylic acids is 1. The number of amides is 3. The second-order valence-electron chi connectivity index (χ2n) is 10.5. The first-order valence-electron chi connectivity index (χ1n) is 13.1. The molecule has 10 nitrogen and oxygen atoms in total. The van der Waals surface area contributed by atoms with Gasteiger partial charge in [0.15, 0.2) is 0 Å². The van der Waals surface area contributed by atoms with Crippen LogP contribution in [-0.2, 0) is 32.0 Å². The van der Waals surface area contributed by atoms with Gasteiger partial charge in [0, 0.05) is 6.42 Å². The van der Waals surface area contributed by atoms with Crippen molar-refractivity contribution in [2.45, 2.75) is 71.1 Å². The fraction of sp³-hybridized carbons (Fsp3) is 0.448. The molecule has 0 radical (unpaired) electrons. The highest BCUT2D eigenvalue weighted by molar-refractivity contribution is 5.94. The average molecular weight is 541 g/mol. The lowest BCUT2D eigenvalue weighted by molar-refractivity contribution is -0.143. The molecule has 0 saturated carbocycles. The van der Waals surface area contributed by atoms with E-state index in [1.165, 1.54) is 12.1 Å². The lowest BCUT2D eigenvalue weighted by atomic mass is 9.99. The van der Waals surface area contributed by atoms with Crippen molar-refractivity contribution < 1.29 is 29.4 Å². The van der Waals surface area contributed by atoms with Crippen molar-refractivity contribution in [3.8, 4) is 5.75 Å². The maximum Gasteiger partial charge on any atom is 0.326 e. The molecule has 0 aromatic heterocycles. The van der Waals surface area contributed by atoms with Crippen LogP contribution in [0.3, 0.4) is 0 Å². The van der Waals surface area contributed by atoms with Crippen LogP contribution in [0.4, 0.5) is 0 Å². The molecule has 0 saturated heterocycles. The van der Waals surface area contributed by atoms with Crippen LogP contribution in [0.15, 0.2) is 54.6 Å². The zero-order chi connectivity index (χ0) is 29.1. The van der Waals surface area contributed by atoms with Crippen LogP contribution in [0, 0.1) is 11.8 Å². The van der Waals surface area contributed by atoms with E-state index >= 15 is 0 Å². The lowest BCUT2D eigenvalue weighted by Gasteiger charge is -2.27. The molecule has 0 heterocycles. The molecule has 0 bridgehead atoms. The number of aromatic hydroxyl groups is 1. The van der Waals surface area contributed by atoms with Crippen molar-refractivity contribution in [2.24, 2.45) is 17.6 Å². The second-order valence-corrected chi connectivity index (χ2v) is 10.5. The van der Waals surface area contributed by atoms with Gasteiger partial charge in [0.25, 0.3) is 0 Å². The zero-order valence-corrected chi connectivity index (χ0v) is 22.9. The van der Waals surface area contributed by atoms with E-state index in [1.807, 2.05) is 44.2 Å². The third kappa shape index (κ3) is 10.4. The van der Waals surface area contributed by atoms with E-state index in [1.54, 1.807) is 26.0 Å². The first-order chi connectivity index (χ1) is 18.4. The van der Waals surface area contributed by atoms with Gasteiger partial charge in [-0.3, -0.25) is 14.4 Å². The quantitative estimate of drug-likeness (QED) is 0.212. The van der Waals surface area contributed by atoms with Crippen LogP contribution in [0.1, 0.15) is 45.2 Å². The molecule has 7 N–H and O–H groups in total. The first-order valence-corrected chi connectivity index (χ1v) is 13.1. The van der Waals surface area contributed by atoms with E-state index in [9.17, 15) is 29.4 Å². The smallest absolute Gasteiger partial charge is 0.326 e. The molecule has 0 spiro atoms. The van der Waals surface area contributed by atoms with Crippen LogP contribution in [0.2, 0.25) is 0 Å². The molecule has 3 amide bonds. The predicted octanol–water partition coefficient (Wildman–Crippen LogP) is 1.75. The number of phenolic OH excluding ortho intramolecular Hbond substituents is 1. The Kier molecular flexibility index (Phi) is 11.9. The molecular formula is C29H40N4O6. The topological polar surface area (TPSA) is 171 Å². The molecule has 2 aromatic carbocycles. The third-order valence-electron chi connectivity index (χ3n) is 6.21. The van der Waals surface area contributed by atoms with Gasteiger partial charge in [-0.15, -0.1) is 0 Å². The fourth-order valence-electron chi connectivity index (χ4n) is 4.06. The SMILES string of the molecule is CC(C)CC(NC(=O)C(N)Cc1ccccc1)C(=O)NC(Cc1ccc(O)cc1)C(=O)NC(C(=O)O)C(C)C. The summed E-state index contributed by atoms with van der Waals surface area (Å²) < 4.78 is 0. The summed E-state index contributed by atoms with van der Waals surface area (Å²) in [5.41, 5.74) is 7.64. The standard InChI is InChI=1S/C29H40N4O6/c1-17(2)14-23(31-26(35)22(30)15-19-8-6-5-7-9-19)27(36)32-24(16-20-10-12-21(34)13-11-20)28(37)33-25(18(3)4)29(38)39/h5-13,17-18,22-25,34H,14-16,30H2,1-4H3,(H,31,35)(H,32,36)(H,33,37)(H,38,39). The number of hydrogen-bond acceptors (Lipinski definition) is 6. The predicted molar refractivity (Wildman–Crippen MR) is 148 cm³/mol. The van der Waals surface area contributed by atoms with Crippen molar-refractivity contribution >= 4 is 23.7 Å². The summed E-state index contributed by atoms with van der Waals surface area (Å²) >= 11 is 0. The van der Waals surface area contributed by atoms with Crippen molar-refractivity contribution in [2.75, 3.05) is 0 Å². The van der Waals surface area contributed by atoms with Crippen molar-refractivity contribution in [3.63, 3.8) is 0 Å². The average Bonchev–Trinajstić information content (AvgIpc) is 2.87. The van der Waals surface area contributed by atoms with Gasteiger partial charge in [-0.1, -0.05) is 70.2 Å². The van der Waals surface area contributed by atoms with Gasteiger partial charge in [0.2, 0.25) is 17.7 Å². The molecule has 0 aliphatic carbocycles. The largest absolute Gasteiger partial charge is 0.508 e. The Balaban J connectivity index is 2.22. The number of nitrogens with two attached hydrogens (primary N) is 1. The van der Waals surface area contributed by atoms with Crippen LogP contribution >= 0.6 is 0 Å². The van der Waals surface area contributed by atoms with Crippen LogP contribution in [-0.4, -0.2) is 58.1 Å². The van der Waals surface area contributed by atoms with Gasteiger partial charge in [-0.05, 0) is 47.9 Å². The minimum absolute atomic E-state index is 0.0353. The van der Waals surface area contributed by atoms with E-state index in [2.05, 4.69) is 16.0 Å². The lowest BCUT2D eigenvalue weighted by Crippen LogP contribution is -2.58. The highest BCUT2D eigenvalue weighted by atomic mass is 16.4. The Morgan fingerprint density at radius 3 is 1.82 bits per heavy atom. The molecule has 39 heavy (non-hydrogen) atoms. The van der Waals surface area contributed by atoms with Crippen molar-refractivity contribution in [1.29, 1.82) is 0 Å². The summed E-state index contributed by atoms with van der Waals surface area (Å²) in [5.74, 6) is -3.26. The summed E-state index contributed by atoms with van der Waals surface area (Å²) in [6, 6.07) is 11.3. The zero-order valence-electron chi connectivity index (χ0n) is 22.9. The Labute approximate surface area is 229 Å². The number of hydrogen-bond donors (Lipinski definition) is 6. The molecule has 212 valence electrons. The molecule has 2 aromatic rings. The van der Waals surface area contributed by atoms with Gasteiger partial charge in [-0.25, -0.2) is 4.79 Å². The minimum atomic E-state index is -1.19. The summed E-state index contributed by atoms with van der Waals surface area (Å²) in [5, 5.41) is 27.1. The second kappa shape index (κ2) is 14.9. The van der Waals surface area contributed by atoms with E-state index in [4.69, 9.17) is 5.73 Å². The Morgan fingerprint density at radius 1 is 0.744 bits per heavy atom. The van der Waals surface area contributed by atoms with Crippen LogP contribution < -0.4 is 21.7 Å². The summed E-state index contributed by atoms with van der Waals surface area (Å²) in [6.07, 6.45) is 0.630. The Hall–Kier alpha value is -3.92. The van der Waals surface area contributed by atoms with E-state index in [-0.39, 0.29) is 18.1 Å². The maximum atomic E-state index is 13.4. The van der Waals surface area contributed by atoms with Crippen LogP contribution in [0.5, 0.6) is 5.75 Å². The molecule has 4 atom stereocenters. The maximum absolute atomic E-state index is 13.4. The van der Waals surface area contributed by atoms with Gasteiger partial charge >= 0.3 is 5.97 Å². The molecule has 0 fully saturated rings. The van der Waals surface area contributed by atoms with Crippen molar-refractivity contribution in [3.05, 3.63) is 65.7 Å². The normalized spacial score (nSPS) is 14.2. The number of aliphatic carboxylic acids is 1. The summed E-state index contributed by atoms with van der Waals surface area (Å²) in [6.45, 7) is 7.13. The van der Waals surface area contributed by atoms with Crippen LogP contribution in [0.25, 0.3) is 0 Å². The van der Waals surface area contributed by atoms with Crippen molar-refractivity contribution in [1.82, 2.24) is 16.0 Å². The molecular weight excluding hydrogens is 500 g/mol. The molecule has 2 rings (SSSR count). The number of carbonyl (C=O) groups is 4. The Bertz CT molecular complexity index is 1100.